The number of nitrogens with one attached hydrogen (secondary N) is 1. The number of esters is 2. The number of amides is 2. The van der Waals surface area contributed by atoms with Crippen LogP contribution >= 0.6 is 0 Å². The van der Waals surface area contributed by atoms with Crippen molar-refractivity contribution in [1.29, 1.82) is 0 Å². The molecule has 2 fully saturated rings. The van der Waals surface area contributed by atoms with Crippen molar-refractivity contribution < 1.29 is 28.7 Å². The molecule has 4 atom stereocenters. The number of aromatic nitrogens is 1. The highest BCUT2D eigenvalue weighted by Gasteiger charge is 2.69. The lowest BCUT2D eigenvalue weighted by Gasteiger charge is -2.30. The van der Waals surface area contributed by atoms with Gasteiger partial charge in [-0.15, -0.1) is 0 Å². The zero-order valence-corrected chi connectivity index (χ0v) is 15.5. The van der Waals surface area contributed by atoms with Crippen molar-refractivity contribution in [3.05, 3.63) is 29.6 Å². The number of hydrogen-bond donors (Lipinski definition) is 1. The fourth-order valence-electron chi connectivity index (χ4n) is 4.04. The van der Waals surface area contributed by atoms with Crippen molar-refractivity contribution in [2.75, 3.05) is 21.3 Å². The molecule has 0 saturated carbocycles. The maximum absolute atomic E-state index is 12.8. The number of carbonyl (C=O) groups is 4. The van der Waals surface area contributed by atoms with Crippen molar-refractivity contribution in [2.24, 2.45) is 11.8 Å². The first kappa shape index (κ1) is 19.0. The number of nitrogens with zero attached hydrogens (tertiary/aromatic N) is 2. The molecule has 9 nitrogen and oxygen atoms in total. The van der Waals surface area contributed by atoms with Gasteiger partial charge >= 0.3 is 11.9 Å². The van der Waals surface area contributed by atoms with Gasteiger partial charge in [-0.2, -0.15) is 0 Å². The van der Waals surface area contributed by atoms with Crippen LogP contribution in [0, 0.1) is 18.8 Å². The monoisotopic (exact) mass is 375 g/mol. The first-order valence-corrected chi connectivity index (χ1v) is 8.44. The fraction of sp³-hybridized carbons (Fsp3) is 0.500. The predicted molar refractivity (Wildman–Crippen MR) is 91.0 cm³/mol. The predicted octanol–water partition coefficient (Wildman–Crippen LogP) is -0.260. The lowest BCUT2D eigenvalue weighted by molar-refractivity contribution is -0.159. The molecule has 3 heterocycles. The summed E-state index contributed by atoms with van der Waals surface area (Å²) in [6, 6.07) is 4.56. The first-order chi connectivity index (χ1) is 12.8. The van der Waals surface area contributed by atoms with Crippen molar-refractivity contribution >= 4 is 23.8 Å². The van der Waals surface area contributed by atoms with E-state index in [4.69, 9.17) is 9.47 Å². The Hall–Kier alpha value is -2.81. The van der Waals surface area contributed by atoms with E-state index in [-0.39, 0.29) is 0 Å². The van der Waals surface area contributed by atoms with Crippen LogP contribution in [0.4, 0.5) is 0 Å². The third-order valence-corrected chi connectivity index (χ3v) is 5.30. The molecule has 2 amide bonds. The SMILES string of the molecule is COC(=O)C[C@@]1(C(=O)OC)N[C@H](c2cccc(C)n2)[C@@H]2C(=O)N(C)C(=O)[C@@H]21. The second-order valence-corrected chi connectivity index (χ2v) is 6.78. The van der Waals surface area contributed by atoms with Crippen LogP contribution in [0.25, 0.3) is 0 Å². The molecule has 0 bridgehead atoms. The minimum Gasteiger partial charge on any atom is -0.469 e. The van der Waals surface area contributed by atoms with E-state index in [1.807, 2.05) is 0 Å². The van der Waals surface area contributed by atoms with Crippen molar-refractivity contribution in [2.45, 2.75) is 24.9 Å². The van der Waals surface area contributed by atoms with E-state index in [1.165, 1.54) is 21.3 Å². The first-order valence-electron chi connectivity index (χ1n) is 8.44. The number of methoxy groups -OCH3 is 2. The van der Waals surface area contributed by atoms with Gasteiger partial charge < -0.3 is 9.47 Å². The minimum atomic E-state index is -1.71. The topological polar surface area (TPSA) is 115 Å². The summed E-state index contributed by atoms with van der Waals surface area (Å²) in [6.07, 6.45) is -0.438. The summed E-state index contributed by atoms with van der Waals surface area (Å²) < 4.78 is 9.62. The Kier molecular flexibility index (Phi) is 4.73. The second-order valence-electron chi connectivity index (χ2n) is 6.78. The zero-order chi connectivity index (χ0) is 19.9. The zero-order valence-electron chi connectivity index (χ0n) is 15.5. The van der Waals surface area contributed by atoms with E-state index in [0.29, 0.717) is 5.69 Å². The molecule has 2 aliphatic rings. The van der Waals surface area contributed by atoms with Gasteiger partial charge in [0.2, 0.25) is 11.8 Å². The lowest BCUT2D eigenvalue weighted by atomic mass is 9.77. The Morgan fingerprint density at radius 3 is 2.52 bits per heavy atom. The summed E-state index contributed by atoms with van der Waals surface area (Å²) in [5, 5.41) is 3.04. The summed E-state index contributed by atoms with van der Waals surface area (Å²) in [6.45, 7) is 1.80. The molecule has 0 spiro atoms. The van der Waals surface area contributed by atoms with Gasteiger partial charge in [-0.1, -0.05) is 6.07 Å². The lowest BCUT2D eigenvalue weighted by Crippen LogP contribution is -2.57. The van der Waals surface area contributed by atoms with Gasteiger partial charge in [-0.3, -0.25) is 34.4 Å². The van der Waals surface area contributed by atoms with Crippen molar-refractivity contribution in [3.8, 4) is 0 Å². The van der Waals surface area contributed by atoms with E-state index >= 15 is 0 Å². The van der Waals surface area contributed by atoms with Gasteiger partial charge in [0.05, 0.1) is 44.2 Å². The number of ether oxygens (including phenoxy) is 2. The molecule has 0 radical (unpaired) electrons. The highest BCUT2D eigenvalue weighted by atomic mass is 16.5. The Balaban J connectivity index is 2.16. The number of pyridine rings is 1. The summed E-state index contributed by atoms with van der Waals surface area (Å²) >= 11 is 0. The van der Waals surface area contributed by atoms with Gasteiger partial charge in [0, 0.05) is 12.7 Å². The molecule has 1 N–H and O–H groups in total. The number of carbonyl (C=O) groups excluding carboxylic acids is 4. The average molecular weight is 375 g/mol. The van der Waals surface area contributed by atoms with Gasteiger partial charge in [0.1, 0.15) is 5.54 Å². The molecular formula is C18H21N3O6. The Bertz CT molecular complexity index is 825. The molecular weight excluding hydrogens is 354 g/mol. The summed E-state index contributed by atoms with van der Waals surface area (Å²) in [7, 11) is 3.72. The number of aryl methyl sites for hydroxylation is 1. The normalized spacial score (nSPS) is 29.6. The summed E-state index contributed by atoms with van der Waals surface area (Å²) in [4.78, 5) is 55.8. The van der Waals surface area contributed by atoms with Crippen molar-refractivity contribution in [3.63, 3.8) is 0 Å². The molecule has 2 aliphatic heterocycles. The largest absolute Gasteiger partial charge is 0.469 e. The van der Waals surface area contributed by atoms with Gasteiger partial charge in [-0.05, 0) is 19.1 Å². The molecule has 9 heteroatoms. The molecule has 3 rings (SSSR count). The summed E-state index contributed by atoms with van der Waals surface area (Å²) in [5.41, 5.74) is -0.475. The van der Waals surface area contributed by atoms with Crippen LogP contribution in [0.5, 0.6) is 0 Å². The Labute approximate surface area is 156 Å². The van der Waals surface area contributed by atoms with Gasteiger partial charge in [-0.25, -0.2) is 0 Å². The quantitative estimate of drug-likeness (QED) is 0.565. The van der Waals surface area contributed by atoms with Crippen LogP contribution in [-0.2, 0) is 28.7 Å². The number of fused-ring (bicyclic) bond motifs is 1. The maximum atomic E-state index is 12.8. The number of hydrogen-bond acceptors (Lipinski definition) is 8. The molecule has 0 aliphatic carbocycles. The minimum absolute atomic E-state index is 0.429. The maximum Gasteiger partial charge on any atom is 0.327 e. The highest BCUT2D eigenvalue weighted by molar-refractivity contribution is 6.10. The molecule has 144 valence electrons. The molecule has 0 aromatic carbocycles. The van der Waals surface area contributed by atoms with Crippen LogP contribution in [0.15, 0.2) is 18.2 Å². The Morgan fingerprint density at radius 2 is 1.93 bits per heavy atom. The molecule has 0 unspecified atom stereocenters. The summed E-state index contributed by atoms with van der Waals surface area (Å²) in [5.74, 6) is -4.42. The van der Waals surface area contributed by atoms with E-state index in [0.717, 1.165) is 10.6 Å². The molecule has 27 heavy (non-hydrogen) atoms. The third kappa shape index (κ3) is 2.78. The van der Waals surface area contributed by atoms with Gasteiger partial charge in [0.25, 0.3) is 0 Å². The van der Waals surface area contributed by atoms with Crippen molar-refractivity contribution in [1.82, 2.24) is 15.2 Å². The third-order valence-electron chi connectivity index (χ3n) is 5.30. The number of rotatable bonds is 4. The number of imide groups is 1. The van der Waals surface area contributed by atoms with E-state index in [2.05, 4.69) is 10.3 Å². The molecule has 1 aromatic heterocycles. The second kappa shape index (κ2) is 6.73. The Morgan fingerprint density at radius 1 is 1.22 bits per heavy atom. The van der Waals surface area contributed by atoms with Crippen LogP contribution in [-0.4, -0.2) is 60.4 Å². The van der Waals surface area contributed by atoms with Crippen LogP contribution in [0.3, 0.4) is 0 Å². The van der Waals surface area contributed by atoms with E-state index < -0.39 is 53.6 Å². The average Bonchev–Trinajstić information content (AvgIpc) is 3.11. The van der Waals surface area contributed by atoms with Gasteiger partial charge in [0.15, 0.2) is 0 Å². The van der Waals surface area contributed by atoms with E-state index in [1.54, 1.807) is 25.1 Å². The molecule has 2 saturated heterocycles. The molecule has 1 aromatic rings. The smallest absolute Gasteiger partial charge is 0.327 e. The van der Waals surface area contributed by atoms with Crippen LogP contribution in [0.2, 0.25) is 0 Å². The fourth-order valence-corrected chi connectivity index (χ4v) is 4.04. The van der Waals surface area contributed by atoms with Crippen LogP contribution < -0.4 is 5.32 Å². The standard InChI is InChI=1S/C18H21N3O6/c1-9-6-5-7-10(19-9)14-12-13(16(24)21(2)15(12)23)18(20-14,17(25)27-4)8-11(22)26-3/h5-7,12-14,20H,8H2,1-4H3/t12-,13-,14-,18-/m1/s1. The number of likely N-dealkylation sites (tertiary alicyclic amines) is 1. The van der Waals surface area contributed by atoms with E-state index in [9.17, 15) is 19.2 Å². The highest BCUT2D eigenvalue weighted by Crippen LogP contribution is 2.49. The van der Waals surface area contributed by atoms with Crippen LogP contribution in [0.1, 0.15) is 23.9 Å².